The van der Waals surface area contributed by atoms with Crippen molar-refractivity contribution in [1.29, 1.82) is 0 Å². The lowest BCUT2D eigenvalue weighted by Gasteiger charge is -2.34. The van der Waals surface area contributed by atoms with Gasteiger partial charge in [-0.25, -0.2) is 0 Å². The second-order valence-electron chi connectivity index (χ2n) is 7.45. The van der Waals surface area contributed by atoms with E-state index in [4.69, 9.17) is 22.8 Å². The average Bonchev–Trinajstić information content (AvgIpc) is 2.58. The van der Waals surface area contributed by atoms with E-state index in [0.29, 0.717) is 39.6 Å². The Kier molecular flexibility index (Phi) is 8.63. The molecule has 2 fully saturated rings. The van der Waals surface area contributed by atoms with E-state index in [1.807, 2.05) is 0 Å². The van der Waals surface area contributed by atoms with Crippen molar-refractivity contribution in [2.45, 2.75) is 44.8 Å². The highest BCUT2D eigenvalue weighted by molar-refractivity contribution is 6.60. The number of quaternary nitrogens is 1. The van der Waals surface area contributed by atoms with Gasteiger partial charge in [-0.2, -0.15) is 0 Å². The molecule has 6 nitrogen and oxygen atoms in total. The standard InChI is InChI=1S/C17H36NO5Si/c1-4-5-6-8-18(2,3)9-7-14-24-21-12-10-19-15-17(16-23-24)20-11-13-22-24/h17H,4-16H2,1-3H3/q+1. The number of ether oxygens (including phenoxy) is 2. The molecule has 0 aromatic carbocycles. The van der Waals surface area contributed by atoms with Gasteiger partial charge in [0.1, 0.15) is 6.10 Å². The third kappa shape index (κ3) is 7.07. The van der Waals surface area contributed by atoms with Gasteiger partial charge in [-0.3, -0.25) is 0 Å². The van der Waals surface area contributed by atoms with Crippen molar-refractivity contribution >= 4 is 8.80 Å². The van der Waals surface area contributed by atoms with Gasteiger partial charge >= 0.3 is 8.80 Å². The van der Waals surface area contributed by atoms with Gasteiger partial charge in [0.15, 0.2) is 0 Å². The zero-order valence-corrected chi connectivity index (χ0v) is 16.8. The first-order valence-corrected chi connectivity index (χ1v) is 11.4. The molecule has 142 valence electrons. The van der Waals surface area contributed by atoms with E-state index in [0.717, 1.165) is 23.5 Å². The highest BCUT2D eigenvalue weighted by Gasteiger charge is 2.43. The first kappa shape index (κ1) is 20.3. The van der Waals surface area contributed by atoms with Crippen molar-refractivity contribution in [3.05, 3.63) is 0 Å². The van der Waals surface area contributed by atoms with Crippen LogP contribution in [0.3, 0.4) is 0 Å². The van der Waals surface area contributed by atoms with Gasteiger partial charge in [0.05, 0.1) is 66.8 Å². The van der Waals surface area contributed by atoms with Gasteiger partial charge < -0.3 is 27.2 Å². The SMILES string of the molecule is CCCCC[N+](C)(C)CCC[Si]12OCCOCC(CO1)OCCO2. The molecule has 2 aliphatic rings. The largest absolute Gasteiger partial charge is 0.501 e. The molecule has 0 spiro atoms. The summed E-state index contributed by atoms with van der Waals surface area (Å²) in [5, 5.41) is 0. The summed E-state index contributed by atoms with van der Waals surface area (Å²) < 4.78 is 30.7. The molecule has 2 unspecified atom stereocenters. The summed E-state index contributed by atoms with van der Waals surface area (Å²) in [6.45, 7) is 7.98. The van der Waals surface area contributed by atoms with Crippen molar-refractivity contribution in [3.8, 4) is 0 Å². The molecule has 0 N–H and O–H groups in total. The van der Waals surface area contributed by atoms with Crippen molar-refractivity contribution in [3.63, 3.8) is 0 Å². The fraction of sp³-hybridized carbons (Fsp3) is 1.00. The van der Waals surface area contributed by atoms with E-state index in [2.05, 4.69) is 21.0 Å². The summed E-state index contributed by atoms with van der Waals surface area (Å²) in [5.74, 6) is 0. The van der Waals surface area contributed by atoms with E-state index in [9.17, 15) is 0 Å². The molecule has 7 heteroatoms. The van der Waals surface area contributed by atoms with E-state index >= 15 is 0 Å². The normalized spacial score (nSPS) is 29.4. The van der Waals surface area contributed by atoms with Crippen LogP contribution in [-0.4, -0.2) is 86.2 Å². The number of fused-ring (bicyclic) bond motifs is 3. The van der Waals surface area contributed by atoms with Crippen molar-refractivity contribution in [2.24, 2.45) is 0 Å². The number of hydrogen-bond donors (Lipinski definition) is 0. The first-order chi connectivity index (χ1) is 11.6. The quantitative estimate of drug-likeness (QED) is 0.376. The van der Waals surface area contributed by atoms with Crippen LogP contribution in [0.2, 0.25) is 6.04 Å². The molecule has 2 bridgehead atoms. The first-order valence-electron chi connectivity index (χ1n) is 9.48. The van der Waals surface area contributed by atoms with E-state index in [-0.39, 0.29) is 6.10 Å². The Morgan fingerprint density at radius 2 is 1.62 bits per heavy atom. The van der Waals surface area contributed by atoms with E-state index < -0.39 is 8.80 Å². The van der Waals surface area contributed by atoms with Gasteiger partial charge in [-0.15, -0.1) is 0 Å². The maximum absolute atomic E-state index is 6.15. The summed E-state index contributed by atoms with van der Waals surface area (Å²) >= 11 is 0. The summed E-state index contributed by atoms with van der Waals surface area (Å²) in [7, 11) is 2.04. The van der Waals surface area contributed by atoms with Crippen LogP contribution < -0.4 is 0 Å². The molecule has 0 aliphatic carbocycles. The minimum absolute atomic E-state index is 0.00346. The van der Waals surface area contributed by atoms with Gasteiger partial charge in [0.25, 0.3) is 0 Å². The van der Waals surface area contributed by atoms with Crippen molar-refractivity contribution in [1.82, 2.24) is 0 Å². The fourth-order valence-corrected chi connectivity index (χ4v) is 5.72. The van der Waals surface area contributed by atoms with Crippen LogP contribution in [0.15, 0.2) is 0 Å². The Morgan fingerprint density at radius 1 is 0.875 bits per heavy atom. The molecule has 0 saturated carbocycles. The third-order valence-electron chi connectivity index (χ3n) is 4.71. The Labute approximate surface area is 148 Å². The molecule has 2 aliphatic heterocycles. The lowest BCUT2D eigenvalue weighted by atomic mass is 10.2. The lowest BCUT2D eigenvalue weighted by molar-refractivity contribution is -0.890. The molecule has 0 aromatic heterocycles. The minimum atomic E-state index is -2.60. The molecule has 2 atom stereocenters. The zero-order valence-electron chi connectivity index (χ0n) is 15.8. The number of nitrogens with zero attached hydrogens (tertiary/aromatic N) is 1. The Bertz CT molecular complexity index is 358. The topological polar surface area (TPSA) is 46.2 Å². The molecule has 2 rings (SSSR count). The minimum Gasteiger partial charge on any atom is -0.376 e. The molecule has 0 amide bonds. The highest BCUT2D eigenvalue weighted by Crippen LogP contribution is 2.22. The van der Waals surface area contributed by atoms with E-state index in [1.165, 1.54) is 25.8 Å². The smallest absolute Gasteiger partial charge is 0.376 e. The average molecular weight is 363 g/mol. The number of hydrogen-bond acceptors (Lipinski definition) is 5. The predicted octanol–water partition coefficient (Wildman–Crippen LogP) is 2.06. The van der Waals surface area contributed by atoms with Crippen LogP contribution in [-0.2, 0) is 22.8 Å². The van der Waals surface area contributed by atoms with Gasteiger partial charge in [-0.05, 0) is 12.8 Å². The molecule has 2 heterocycles. The summed E-state index contributed by atoms with van der Waals surface area (Å²) in [6, 6.07) is 0.884. The molecular weight excluding hydrogens is 326 g/mol. The van der Waals surface area contributed by atoms with Crippen LogP contribution >= 0.6 is 0 Å². The maximum Gasteiger partial charge on any atom is 0.501 e. The maximum atomic E-state index is 6.15. The van der Waals surface area contributed by atoms with Crippen LogP contribution in [0.25, 0.3) is 0 Å². The van der Waals surface area contributed by atoms with Crippen LogP contribution in [0.5, 0.6) is 0 Å². The summed E-state index contributed by atoms with van der Waals surface area (Å²) in [6.07, 6.45) is 4.96. The van der Waals surface area contributed by atoms with Crippen LogP contribution in [0, 0.1) is 0 Å². The van der Waals surface area contributed by atoms with Crippen LogP contribution in [0.1, 0.15) is 32.6 Å². The highest BCUT2D eigenvalue weighted by atomic mass is 28.4. The monoisotopic (exact) mass is 362 g/mol. The van der Waals surface area contributed by atoms with Gasteiger partial charge in [0, 0.05) is 12.5 Å². The van der Waals surface area contributed by atoms with Gasteiger partial charge in [-0.1, -0.05) is 13.3 Å². The Balaban J connectivity index is 1.84. The molecule has 24 heavy (non-hydrogen) atoms. The van der Waals surface area contributed by atoms with Crippen molar-refractivity contribution in [2.75, 3.05) is 66.8 Å². The van der Waals surface area contributed by atoms with Crippen LogP contribution in [0.4, 0.5) is 0 Å². The Hall–Kier alpha value is -0.0231. The second-order valence-corrected chi connectivity index (χ2v) is 10.2. The molecular formula is C17H36NO5Si+. The van der Waals surface area contributed by atoms with E-state index in [1.54, 1.807) is 0 Å². The lowest BCUT2D eigenvalue weighted by Crippen LogP contribution is -2.51. The number of rotatable bonds is 8. The van der Waals surface area contributed by atoms with Crippen molar-refractivity contribution < 1.29 is 27.2 Å². The fourth-order valence-electron chi connectivity index (χ4n) is 3.21. The van der Waals surface area contributed by atoms with Gasteiger partial charge in [0.2, 0.25) is 0 Å². The summed E-state index contributed by atoms with van der Waals surface area (Å²) in [4.78, 5) is 0. The number of unbranched alkanes of at least 4 members (excludes halogenated alkanes) is 2. The molecule has 0 radical (unpaired) electrons. The second kappa shape index (κ2) is 10.2. The Morgan fingerprint density at radius 3 is 2.42 bits per heavy atom. The molecule has 2 saturated heterocycles. The summed E-state index contributed by atoms with van der Waals surface area (Å²) in [5.41, 5.74) is 0. The third-order valence-corrected chi connectivity index (χ3v) is 7.58. The zero-order chi connectivity index (χ0) is 17.3. The molecule has 0 aromatic rings. The predicted molar refractivity (Wildman–Crippen MR) is 95.0 cm³/mol.